The van der Waals surface area contributed by atoms with Gasteiger partial charge in [0.15, 0.2) is 0 Å². The molecule has 0 bridgehead atoms. The predicted octanol–water partition coefficient (Wildman–Crippen LogP) is 4.24. The lowest BCUT2D eigenvalue weighted by molar-refractivity contribution is -0.384. The van der Waals surface area contributed by atoms with Gasteiger partial charge in [0.2, 0.25) is 0 Å². The number of halogens is 2. The highest BCUT2D eigenvalue weighted by Gasteiger charge is 2.24. The second-order valence-electron chi connectivity index (χ2n) is 7.01. The Labute approximate surface area is 182 Å². The summed E-state index contributed by atoms with van der Waals surface area (Å²) in [6.45, 7) is 1.43. The van der Waals surface area contributed by atoms with Crippen LogP contribution in [0, 0.1) is 10.1 Å². The van der Waals surface area contributed by atoms with Crippen LogP contribution < -0.4 is 10.2 Å². The van der Waals surface area contributed by atoms with Gasteiger partial charge in [0.1, 0.15) is 12.1 Å². The first-order valence-electron chi connectivity index (χ1n) is 9.32. The van der Waals surface area contributed by atoms with Gasteiger partial charge in [-0.05, 0) is 37.1 Å². The van der Waals surface area contributed by atoms with Gasteiger partial charge in [-0.1, -0.05) is 23.2 Å². The van der Waals surface area contributed by atoms with Crippen LogP contribution in [0.25, 0.3) is 10.9 Å². The maximum absolute atomic E-state index is 12.6. The largest absolute Gasteiger partial charge is 0.356 e. The molecule has 10 heteroatoms. The smallest absolute Gasteiger partial charge is 0.270 e. The van der Waals surface area contributed by atoms with Crippen molar-refractivity contribution in [2.24, 2.45) is 0 Å². The number of fused-ring (bicyclic) bond motifs is 1. The Morgan fingerprint density at radius 2 is 1.90 bits per heavy atom. The first-order valence-corrected chi connectivity index (χ1v) is 10.1. The number of nitrogens with zero attached hydrogens (tertiary/aromatic N) is 4. The van der Waals surface area contributed by atoms with Crippen molar-refractivity contribution in [2.45, 2.75) is 18.9 Å². The Balaban J connectivity index is 1.42. The zero-order valence-electron chi connectivity index (χ0n) is 15.7. The molecule has 1 aliphatic heterocycles. The molecule has 2 aromatic carbocycles. The van der Waals surface area contributed by atoms with Gasteiger partial charge in [0, 0.05) is 41.7 Å². The number of rotatable bonds is 4. The summed E-state index contributed by atoms with van der Waals surface area (Å²) in [5.41, 5.74) is 0.863. The van der Waals surface area contributed by atoms with E-state index < -0.39 is 4.92 Å². The first-order chi connectivity index (χ1) is 14.4. The molecule has 0 spiro atoms. The number of carbonyl (C=O) groups is 1. The molecule has 30 heavy (non-hydrogen) atoms. The van der Waals surface area contributed by atoms with E-state index in [1.807, 2.05) is 18.2 Å². The molecule has 1 saturated heterocycles. The molecule has 0 saturated carbocycles. The second kappa shape index (κ2) is 8.41. The number of nitro benzene ring substituents is 1. The molecule has 1 aromatic heterocycles. The second-order valence-corrected chi connectivity index (χ2v) is 7.86. The molecule has 1 aliphatic rings. The van der Waals surface area contributed by atoms with E-state index >= 15 is 0 Å². The third-order valence-electron chi connectivity index (χ3n) is 5.12. The number of aromatic nitrogens is 2. The fourth-order valence-corrected chi connectivity index (χ4v) is 4.00. The molecule has 3 aromatic rings. The molecule has 0 atom stereocenters. The summed E-state index contributed by atoms with van der Waals surface area (Å²) < 4.78 is 0. The number of non-ortho nitro benzene ring substituents is 1. The van der Waals surface area contributed by atoms with Crippen molar-refractivity contribution in [3.63, 3.8) is 0 Å². The van der Waals surface area contributed by atoms with Gasteiger partial charge in [-0.3, -0.25) is 14.9 Å². The van der Waals surface area contributed by atoms with Crippen molar-refractivity contribution >= 4 is 51.5 Å². The fraction of sp³-hybridized carbons (Fsp3) is 0.250. The summed E-state index contributed by atoms with van der Waals surface area (Å²) in [6.07, 6.45) is 2.99. The van der Waals surface area contributed by atoms with Crippen LogP contribution in [0.5, 0.6) is 0 Å². The van der Waals surface area contributed by atoms with Crippen LogP contribution >= 0.6 is 23.2 Å². The van der Waals surface area contributed by atoms with E-state index in [4.69, 9.17) is 23.2 Å². The van der Waals surface area contributed by atoms with Crippen molar-refractivity contribution in [2.75, 3.05) is 18.0 Å². The standard InChI is InChI=1S/C20H17Cl2N5O3/c21-12-1-3-16-18(9-12)23-11-24-19(16)26-7-5-13(6-8-26)25-20(28)15-4-2-14(27(29)30)10-17(15)22/h1-4,9-11,13H,5-8H2,(H,25,28). The molecule has 2 heterocycles. The van der Waals surface area contributed by atoms with Gasteiger partial charge in [-0.15, -0.1) is 0 Å². The third kappa shape index (κ3) is 4.15. The highest BCUT2D eigenvalue weighted by molar-refractivity contribution is 6.34. The molecule has 1 N–H and O–H groups in total. The Kier molecular flexibility index (Phi) is 5.69. The van der Waals surface area contributed by atoms with E-state index in [1.165, 1.54) is 24.5 Å². The van der Waals surface area contributed by atoms with Gasteiger partial charge >= 0.3 is 0 Å². The van der Waals surface area contributed by atoms with Crippen LogP contribution in [-0.4, -0.2) is 39.9 Å². The van der Waals surface area contributed by atoms with Crippen molar-refractivity contribution in [1.29, 1.82) is 0 Å². The molecule has 1 fully saturated rings. The van der Waals surface area contributed by atoms with E-state index in [0.29, 0.717) is 18.1 Å². The number of piperidine rings is 1. The van der Waals surface area contributed by atoms with Crippen molar-refractivity contribution < 1.29 is 9.72 Å². The zero-order valence-corrected chi connectivity index (χ0v) is 17.2. The average Bonchev–Trinajstić information content (AvgIpc) is 2.73. The predicted molar refractivity (Wildman–Crippen MR) is 115 cm³/mol. The minimum Gasteiger partial charge on any atom is -0.356 e. The molecular weight excluding hydrogens is 429 g/mol. The number of carbonyl (C=O) groups excluding carboxylic acids is 1. The lowest BCUT2D eigenvalue weighted by Crippen LogP contribution is -2.45. The maximum Gasteiger partial charge on any atom is 0.270 e. The van der Waals surface area contributed by atoms with Crippen LogP contribution in [0.3, 0.4) is 0 Å². The van der Waals surface area contributed by atoms with Crippen molar-refractivity contribution in [1.82, 2.24) is 15.3 Å². The summed E-state index contributed by atoms with van der Waals surface area (Å²) in [4.78, 5) is 33.7. The molecule has 4 rings (SSSR count). The topological polar surface area (TPSA) is 101 Å². The summed E-state index contributed by atoms with van der Waals surface area (Å²) in [7, 11) is 0. The summed E-state index contributed by atoms with van der Waals surface area (Å²) in [6, 6.07) is 9.35. The molecule has 8 nitrogen and oxygen atoms in total. The van der Waals surface area contributed by atoms with Gasteiger partial charge < -0.3 is 10.2 Å². The van der Waals surface area contributed by atoms with Crippen LogP contribution in [-0.2, 0) is 0 Å². The molecule has 1 amide bonds. The highest BCUT2D eigenvalue weighted by Crippen LogP contribution is 2.28. The van der Waals surface area contributed by atoms with Gasteiger partial charge in [0.05, 0.1) is 21.0 Å². The molecule has 0 aliphatic carbocycles. The van der Waals surface area contributed by atoms with Crippen LogP contribution in [0.15, 0.2) is 42.7 Å². The van der Waals surface area contributed by atoms with Crippen LogP contribution in [0.4, 0.5) is 11.5 Å². The maximum atomic E-state index is 12.6. The zero-order chi connectivity index (χ0) is 21.3. The Hall–Kier alpha value is -2.97. The molecule has 154 valence electrons. The number of anilines is 1. The van der Waals surface area contributed by atoms with E-state index in [9.17, 15) is 14.9 Å². The number of hydrogen-bond acceptors (Lipinski definition) is 6. The Morgan fingerprint density at radius 3 is 2.60 bits per heavy atom. The Morgan fingerprint density at radius 1 is 1.13 bits per heavy atom. The number of amides is 1. The van der Waals surface area contributed by atoms with Gasteiger partial charge in [0.25, 0.3) is 11.6 Å². The van der Waals surface area contributed by atoms with E-state index in [1.54, 1.807) is 0 Å². The fourth-order valence-electron chi connectivity index (χ4n) is 3.57. The number of nitro groups is 1. The highest BCUT2D eigenvalue weighted by atomic mass is 35.5. The van der Waals surface area contributed by atoms with Crippen LogP contribution in [0.1, 0.15) is 23.2 Å². The molecular formula is C20H17Cl2N5O3. The minimum atomic E-state index is -0.548. The minimum absolute atomic E-state index is 0.0254. The quantitative estimate of drug-likeness (QED) is 0.475. The first kappa shape index (κ1) is 20.3. The van der Waals surface area contributed by atoms with Crippen molar-refractivity contribution in [3.05, 3.63) is 68.4 Å². The van der Waals surface area contributed by atoms with Crippen LogP contribution in [0.2, 0.25) is 10.0 Å². The average molecular weight is 446 g/mol. The summed E-state index contributed by atoms with van der Waals surface area (Å²) in [5.74, 6) is 0.510. The number of hydrogen-bond donors (Lipinski definition) is 1. The number of nitrogens with one attached hydrogen (secondary N) is 1. The van der Waals surface area contributed by atoms with E-state index in [2.05, 4.69) is 20.2 Å². The van der Waals surface area contributed by atoms with Crippen molar-refractivity contribution in [3.8, 4) is 0 Å². The summed E-state index contributed by atoms with van der Waals surface area (Å²) in [5, 5.41) is 15.4. The third-order valence-corrected chi connectivity index (χ3v) is 5.66. The van der Waals surface area contributed by atoms with Gasteiger partial charge in [-0.2, -0.15) is 0 Å². The lowest BCUT2D eigenvalue weighted by atomic mass is 10.0. The van der Waals surface area contributed by atoms with Gasteiger partial charge in [-0.25, -0.2) is 9.97 Å². The molecule has 0 radical (unpaired) electrons. The van der Waals surface area contributed by atoms with E-state index in [0.717, 1.165) is 29.6 Å². The number of benzene rings is 2. The SMILES string of the molecule is O=C(NC1CCN(c2ncnc3cc(Cl)ccc23)CC1)c1ccc([N+](=O)[O-])cc1Cl. The Bertz CT molecular complexity index is 1130. The normalized spacial score (nSPS) is 14.7. The van der Waals surface area contributed by atoms with E-state index in [-0.39, 0.29) is 28.2 Å². The molecule has 0 unspecified atom stereocenters. The summed E-state index contributed by atoms with van der Waals surface area (Å²) >= 11 is 12.1. The monoisotopic (exact) mass is 445 g/mol. The lowest BCUT2D eigenvalue weighted by Gasteiger charge is -2.33.